The number of hydrogen-bond acceptors (Lipinski definition) is 7. The van der Waals surface area contributed by atoms with Crippen LogP contribution in [0.25, 0.3) is 0 Å². The third-order valence-electron chi connectivity index (χ3n) is 3.76. The maximum atomic E-state index is 12.3. The predicted molar refractivity (Wildman–Crippen MR) is 85.5 cm³/mol. The molecule has 0 bridgehead atoms. The van der Waals surface area contributed by atoms with Crippen LogP contribution in [0.15, 0.2) is 0 Å². The van der Waals surface area contributed by atoms with E-state index in [1.165, 1.54) is 0 Å². The Kier molecular flexibility index (Phi) is 7.98. The Morgan fingerprint density at radius 2 is 1.74 bits per heavy atom. The van der Waals surface area contributed by atoms with Gasteiger partial charge in [-0.1, -0.05) is 26.7 Å². The summed E-state index contributed by atoms with van der Waals surface area (Å²) in [6.45, 7) is 4.03. The summed E-state index contributed by atoms with van der Waals surface area (Å²) in [5, 5.41) is -0.516. The van der Waals surface area contributed by atoms with Crippen molar-refractivity contribution < 1.29 is 27.5 Å². The zero-order valence-corrected chi connectivity index (χ0v) is 14.6. The third kappa shape index (κ3) is 7.30. The van der Waals surface area contributed by atoms with Crippen LogP contribution in [0.1, 0.15) is 52.4 Å². The monoisotopic (exact) mass is 349 g/mol. The summed E-state index contributed by atoms with van der Waals surface area (Å²) < 4.78 is 33.9. The first-order chi connectivity index (χ1) is 10.8. The van der Waals surface area contributed by atoms with Crippen molar-refractivity contribution in [2.45, 2.75) is 63.7 Å². The van der Waals surface area contributed by atoms with Gasteiger partial charge in [-0.3, -0.25) is 0 Å². The van der Waals surface area contributed by atoms with Crippen LogP contribution in [0.2, 0.25) is 0 Å². The molecule has 0 heterocycles. The smallest absolute Gasteiger partial charge is 0.434 e. The maximum absolute atomic E-state index is 12.3. The lowest BCUT2D eigenvalue weighted by atomic mass is 10.2. The zero-order chi connectivity index (χ0) is 17.5. The molecule has 0 aliphatic heterocycles. The van der Waals surface area contributed by atoms with Crippen LogP contribution in [0.3, 0.4) is 0 Å². The fraction of sp³-hybridized carbons (Fsp3) is 0.867. The molecule has 1 fully saturated rings. The van der Waals surface area contributed by atoms with Gasteiger partial charge in [0.15, 0.2) is 9.84 Å². The molecule has 0 aromatic carbocycles. The molecule has 1 aliphatic carbocycles. The number of carbonyl (C=O) groups is 2. The fourth-order valence-electron chi connectivity index (χ4n) is 2.26. The van der Waals surface area contributed by atoms with Gasteiger partial charge in [0.1, 0.15) is 6.04 Å². The Morgan fingerprint density at radius 3 is 2.22 bits per heavy atom. The van der Waals surface area contributed by atoms with Gasteiger partial charge in [-0.2, -0.15) is 0 Å². The van der Waals surface area contributed by atoms with Gasteiger partial charge in [0.05, 0.1) is 17.6 Å². The molecular weight excluding hydrogens is 322 g/mol. The SMILES string of the molecule is CCCC(CCC)S(=O)(=O)C[C@@H](N)C(=O)OC(=O)OCC1CC1. The standard InChI is InChI=1S/C15H27NO6S/c1-3-5-12(6-4-2)23(19,20)10-13(16)14(17)22-15(18)21-9-11-7-8-11/h11-13H,3-10,16H2,1-2H3/t13-/m1/s1. The van der Waals surface area contributed by atoms with E-state index in [4.69, 9.17) is 10.5 Å². The molecule has 1 saturated carbocycles. The van der Waals surface area contributed by atoms with E-state index in [1.807, 2.05) is 13.8 Å². The van der Waals surface area contributed by atoms with Gasteiger partial charge < -0.3 is 15.2 Å². The molecule has 1 atom stereocenters. The fourth-order valence-corrected chi connectivity index (χ4v) is 4.36. The van der Waals surface area contributed by atoms with E-state index in [2.05, 4.69) is 4.74 Å². The van der Waals surface area contributed by atoms with Crippen LogP contribution in [0.4, 0.5) is 4.79 Å². The van der Waals surface area contributed by atoms with E-state index in [0.29, 0.717) is 18.8 Å². The molecule has 0 unspecified atom stereocenters. The van der Waals surface area contributed by atoms with Crippen LogP contribution in [-0.4, -0.2) is 44.2 Å². The van der Waals surface area contributed by atoms with Crippen molar-refractivity contribution in [2.24, 2.45) is 11.7 Å². The van der Waals surface area contributed by atoms with Crippen LogP contribution in [0, 0.1) is 5.92 Å². The number of ether oxygens (including phenoxy) is 2. The number of carbonyl (C=O) groups excluding carboxylic acids is 2. The predicted octanol–water partition coefficient (Wildman–Crippen LogP) is 1.79. The Bertz CT molecular complexity index is 494. The Morgan fingerprint density at radius 1 is 1.17 bits per heavy atom. The van der Waals surface area contributed by atoms with Crippen molar-refractivity contribution in [2.75, 3.05) is 12.4 Å². The third-order valence-corrected chi connectivity index (χ3v) is 6.07. The molecular formula is C15H27NO6S. The van der Waals surface area contributed by atoms with Crippen molar-refractivity contribution in [3.63, 3.8) is 0 Å². The average Bonchev–Trinajstić information content (AvgIpc) is 3.28. The summed E-state index contributed by atoms with van der Waals surface area (Å²) in [6.07, 6.45) is 3.40. The normalized spacial score (nSPS) is 16.2. The number of nitrogens with two attached hydrogens (primary N) is 1. The number of sulfone groups is 1. The Hall–Kier alpha value is -1.15. The van der Waals surface area contributed by atoms with Gasteiger partial charge in [0.2, 0.25) is 0 Å². The Labute approximate surface area is 137 Å². The highest BCUT2D eigenvalue weighted by Crippen LogP contribution is 2.28. The van der Waals surface area contributed by atoms with E-state index in [9.17, 15) is 18.0 Å². The van der Waals surface area contributed by atoms with Crippen LogP contribution in [-0.2, 0) is 24.1 Å². The molecule has 7 nitrogen and oxygen atoms in total. The van der Waals surface area contributed by atoms with E-state index in [-0.39, 0.29) is 6.61 Å². The molecule has 1 rings (SSSR count). The summed E-state index contributed by atoms with van der Waals surface area (Å²) in [6, 6.07) is -1.38. The lowest BCUT2D eigenvalue weighted by Gasteiger charge is -2.18. The molecule has 1 aliphatic rings. The van der Waals surface area contributed by atoms with Gasteiger partial charge >= 0.3 is 12.1 Å². The van der Waals surface area contributed by atoms with E-state index in [0.717, 1.165) is 25.7 Å². The molecule has 134 valence electrons. The highest BCUT2D eigenvalue weighted by atomic mass is 32.2. The minimum atomic E-state index is -3.52. The summed E-state index contributed by atoms with van der Waals surface area (Å²) >= 11 is 0. The van der Waals surface area contributed by atoms with E-state index < -0.39 is 39.0 Å². The molecule has 0 amide bonds. The quantitative estimate of drug-likeness (QED) is 0.472. The van der Waals surface area contributed by atoms with Crippen molar-refractivity contribution >= 4 is 22.0 Å². The minimum Gasteiger partial charge on any atom is -0.434 e. The first-order valence-corrected chi connectivity index (χ1v) is 9.87. The lowest BCUT2D eigenvalue weighted by molar-refractivity contribution is -0.140. The van der Waals surface area contributed by atoms with Crippen molar-refractivity contribution in [1.29, 1.82) is 0 Å². The van der Waals surface area contributed by atoms with Crippen LogP contribution in [0.5, 0.6) is 0 Å². The zero-order valence-electron chi connectivity index (χ0n) is 13.8. The molecule has 2 N–H and O–H groups in total. The first-order valence-electron chi connectivity index (χ1n) is 8.15. The van der Waals surface area contributed by atoms with Crippen LogP contribution >= 0.6 is 0 Å². The second-order valence-corrected chi connectivity index (χ2v) is 8.39. The molecule has 23 heavy (non-hydrogen) atoms. The summed E-state index contributed by atoms with van der Waals surface area (Å²) in [4.78, 5) is 23.0. The van der Waals surface area contributed by atoms with Crippen molar-refractivity contribution in [3.05, 3.63) is 0 Å². The summed E-state index contributed by atoms with van der Waals surface area (Å²) in [5.41, 5.74) is 5.59. The van der Waals surface area contributed by atoms with Gasteiger partial charge in [-0.15, -0.1) is 0 Å². The van der Waals surface area contributed by atoms with Crippen molar-refractivity contribution in [3.8, 4) is 0 Å². The van der Waals surface area contributed by atoms with E-state index >= 15 is 0 Å². The van der Waals surface area contributed by atoms with Gasteiger partial charge in [-0.25, -0.2) is 18.0 Å². The molecule has 0 radical (unpaired) electrons. The second kappa shape index (κ2) is 9.22. The van der Waals surface area contributed by atoms with Gasteiger partial charge in [0.25, 0.3) is 0 Å². The molecule has 0 aromatic heterocycles. The van der Waals surface area contributed by atoms with Crippen LogP contribution < -0.4 is 5.73 Å². The van der Waals surface area contributed by atoms with Gasteiger partial charge in [-0.05, 0) is 31.6 Å². The maximum Gasteiger partial charge on any atom is 0.516 e. The average molecular weight is 349 g/mol. The van der Waals surface area contributed by atoms with E-state index in [1.54, 1.807) is 0 Å². The molecule has 8 heteroatoms. The molecule has 0 aromatic rings. The topological polar surface area (TPSA) is 113 Å². The highest BCUT2D eigenvalue weighted by Gasteiger charge is 2.31. The molecule has 0 saturated heterocycles. The number of esters is 1. The summed E-state index contributed by atoms with van der Waals surface area (Å²) in [7, 11) is -3.52. The highest BCUT2D eigenvalue weighted by molar-refractivity contribution is 7.92. The Balaban J connectivity index is 2.48. The second-order valence-electron chi connectivity index (χ2n) is 6.06. The summed E-state index contributed by atoms with van der Waals surface area (Å²) in [5.74, 6) is -1.25. The van der Waals surface area contributed by atoms with Gasteiger partial charge in [0, 0.05) is 0 Å². The first kappa shape index (κ1) is 19.9. The largest absolute Gasteiger partial charge is 0.516 e. The number of hydrogen-bond donors (Lipinski definition) is 1. The van der Waals surface area contributed by atoms with Crippen molar-refractivity contribution in [1.82, 2.24) is 0 Å². The minimum absolute atomic E-state index is 0.217. The number of rotatable bonds is 10. The lowest BCUT2D eigenvalue weighted by Crippen LogP contribution is -2.42. The molecule has 0 spiro atoms.